The summed E-state index contributed by atoms with van der Waals surface area (Å²) in [5.41, 5.74) is 8.56. The Hall–Kier alpha value is -1.10. The summed E-state index contributed by atoms with van der Waals surface area (Å²) in [6, 6.07) is 13.2. The standard InChI is InChI=1S/C16H17BrN2S/c1-11(18)9-12-3-2-4-15-14(12)7-8-19(15)10-13-5-6-16(17)20-13/h2-8,11H,9-10,18H2,1H3. The van der Waals surface area contributed by atoms with Gasteiger partial charge in [-0.2, -0.15) is 0 Å². The van der Waals surface area contributed by atoms with Crippen LogP contribution in [-0.2, 0) is 13.0 Å². The number of halogens is 1. The number of hydrogen-bond donors (Lipinski definition) is 1. The number of rotatable bonds is 4. The highest BCUT2D eigenvalue weighted by molar-refractivity contribution is 9.11. The van der Waals surface area contributed by atoms with Gasteiger partial charge in [0.1, 0.15) is 0 Å². The van der Waals surface area contributed by atoms with Gasteiger partial charge < -0.3 is 10.3 Å². The van der Waals surface area contributed by atoms with Crippen molar-refractivity contribution < 1.29 is 0 Å². The van der Waals surface area contributed by atoms with E-state index in [0.717, 1.165) is 13.0 Å². The molecule has 0 aliphatic rings. The molecular formula is C16H17BrN2S. The van der Waals surface area contributed by atoms with Crippen LogP contribution in [0.15, 0.2) is 46.4 Å². The van der Waals surface area contributed by atoms with Crippen molar-refractivity contribution in [1.29, 1.82) is 0 Å². The summed E-state index contributed by atoms with van der Waals surface area (Å²) in [7, 11) is 0. The molecule has 1 atom stereocenters. The Bertz CT molecular complexity index is 727. The zero-order chi connectivity index (χ0) is 14.1. The molecule has 1 aromatic carbocycles. The smallest absolute Gasteiger partial charge is 0.0702 e. The predicted molar refractivity (Wildman–Crippen MR) is 90.4 cm³/mol. The van der Waals surface area contributed by atoms with Gasteiger partial charge in [-0.15, -0.1) is 11.3 Å². The van der Waals surface area contributed by atoms with Crippen molar-refractivity contribution in [2.75, 3.05) is 0 Å². The highest BCUT2D eigenvalue weighted by Gasteiger charge is 2.08. The van der Waals surface area contributed by atoms with Crippen LogP contribution in [-0.4, -0.2) is 10.6 Å². The summed E-state index contributed by atoms with van der Waals surface area (Å²) in [4.78, 5) is 1.35. The van der Waals surface area contributed by atoms with E-state index in [9.17, 15) is 0 Å². The van der Waals surface area contributed by atoms with E-state index in [2.05, 4.69) is 70.0 Å². The molecule has 0 aliphatic heterocycles. The maximum Gasteiger partial charge on any atom is 0.0702 e. The molecule has 0 bridgehead atoms. The van der Waals surface area contributed by atoms with E-state index in [1.165, 1.54) is 25.1 Å². The van der Waals surface area contributed by atoms with Gasteiger partial charge in [-0.1, -0.05) is 12.1 Å². The van der Waals surface area contributed by atoms with Gasteiger partial charge in [0.2, 0.25) is 0 Å². The molecular weight excluding hydrogens is 332 g/mol. The van der Waals surface area contributed by atoms with E-state index in [0.29, 0.717) is 0 Å². The lowest BCUT2D eigenvalue weighted by molar-refractivity contribution is 0.741. The van der Waals surface area contributed by atoms with Crippen molar-refractivity contribution in [3.05, 3.63) is 56.8 Å². The molecule has 3 aromatic rings. The predicted octanol–water partition coefficient (Wildman–Crippen LogP) is 4.40. The second-order valence-corrected chi connectivity index (χ2v) is 7.73. The Kier molecular flexibility index (Phi) is 3.96. The topological polar surface area (TPSA) is 30.9 Å². The first-order valence-electron chi connectivity index (χ1n) is 6.70. The summed E-state index contributed by atoms with van der Waals surface area (Å²) in [6.45, 7) is 2.97. The first-order chi connectivity index (χ1) is 9.63. The lowest BCUT2D eigenvalue weighted by Gasteiger charge is -2.08. The Morgan fingerprint density at radius 1 is 1.25 bits per heavy atom. The molecule has 20 heavy (non-hydrogen) atoms. The highest BCUT2D eigenvalue weighted by atomic mass is 79.9. The largest absolute Gasteiger partial charge is 0.342 e. The van der Waals surface area contributed by atoms with Crippen LogP contribution in [0, 0.1) is 0 Å². The van der Waals surface area contributed by atoms with Crippen molar-refractivity contribution in [3.8, 4) is 0 Å². The number of hydrogen-bond acceptors (Lipinski definition) is 2. The fourth-order valence-corrected chi connectivity index (χ4v) is 4.04. The van der Waals surface area contributed by atoms with Gasteiger partial charge >= 0.3 is 0 Å². The molecule has 0 amide bonds. The van der Waals surface area contributed by atoms with Gasteiger partial charge in [-0.25, -0.2) is 0 Å². The average Bonchev–Trinajstić information content (AvgIpc) is 2.97. The minimum Gasteiger partial charge on any atom is -0.342 e. The van der Waals surface area contributed by atoms with E-state index >= 15 is 0 Å². The second kappa shape index (κ2) is 5.72. The fraction of sp³-hybridized carbons (Fsp3) is 0.250. The summed E-state index contributed by atoms with van der Waals surface area (Å²) in [5, 5.41) is 1.32. The van der Waals surface area contributed by atoms with Crippen LogP contribution in [0.25, 0.3) is 10.9 Å². The monoisotopic (exact) mass is 348 g/mol. The van der Waals surface area contributed by atoms with Crippen LogP contribution in [0.2, 0.25) is 0 Å². The van der Waals surface area contributed by atoms with Crippen LogP contribution < -0.4 is 5.73 Å². The molecule has 0 saturated heterocycles. The first kappa shape index (κ1) is 13.9. The van der Waals surface area contributed by atoms with Crippen molar-refractivity contribution in [2.24, 2.45) is 5.73 Å². The lowest BCUT2D eigenvalue weighted by Crippen LogP contribution is -2.17. The molecule has 0 fully saturated rings. The molecule has 2 N–H and O–H groups in total. The van der Waals surface area contributed by atoms with Gasteiger partial charge in [0.05, 0.1) is 10.3 Å². The molecule has 2 nitrogen and oxygen atoms in total. The quantitative estimate of drug-likeness (QED) is 0.743. The molecule has 0 saturated carbocycles. The lowest BCUT2D eigenvalue weighted by atomic mass is 10.0. The maximum atomic E-state index is 5.94. The number of aromatic nitrogens is 1. The van der Waals surface area contributed by atoms with Crippen LogP contribution in [0.4, 0.5) is 0 Å². The summed E-state index contributed by atoms with van der Waals surface area (Å²) >= 11 is 5.31. The van der Waals surface area contributed by atoms with E-state index in [1.807, 2.05) is 0 Å². The minimum absolute atomic E-state index is 0.192. The Morgan fingerprint density at radius 3 is 2.80 bits per heavy atom. The Balaban J connectivity index is 1.97. The zero-order valence-electron chi connectivity index (χ0n) is 11.3. The van der Waals surface area contributed by atoms with Crippen LogP contribution in [0.1, 0.15) is 17.4 Å². The normalized spacial score (nSPS) is 12.9. The van der Waals surface area contributed by atoms with Gasteiger partial charge in [0.25, 0.3) is 0 Å². The third-order valence-corrected chi connectivity index (χ3v) is 5.01. The second-order valence-electron chi connectivity index (χ2n) is 5.18. The molecule has 0 aliphatic carbocycles. The fourth-order valence-electron chi connectivity index (χ4n) is 2.55. The van der Waals surface area contributed by atoms with Crippen LogP contribution in [0.3, 0.4) is 0 Å². The third-order valence-electron chi connectivity index (χ3n) is 3.40. The number of fused-ring (bicyclic) bond motifs is 1. The number of thiophene rings is 1. The highest BCUT2D eigenvalue weighted by Crippen LogP contribution is 2.26. The Morgan fingerprint density at radius 2 is 2.10 bits per heavy atom. The molecule has 4 heteroatoms. The van der Waals surface area contributed by atoms with Crippen LogP contribution >= 0.6 is 27.3 Å². The molecule has 0 radical (unpaired) electrons. The number of benzene rings is 1. The van der Waals surface area contributed by atoms with Gasteiger partial charge in [0.15, 0.2) is 0 Å². The van der Waals surface area contributed by atoms with Crippen molar-refractivity contribution >= 4 is 38.2 Å². The number of nitrogens with two attached hydrogens (primary N) is 1. The summed E-state index contributed by atoms with van der Waals surface area (Å²) in [5.74, 6) is 0. The molecule has 0 spiro atoms. The number of nitrogens with zero attached hydrogens (tertiary/aromatic N) is 1. The van der Waals surface area contributed by atoms with E-state index in [4.69, 9.17) is 5.73 Å². The molecule has 2 aromatic heterocycles. The zero-order valence-corrected chi connectivity index (χ0v) is 13.7. The van der Waals surface area contributed by atoms with Crippen molar-refractivity contribution in [3.63, 3.8) is 0 Å². The molecule has 2 heterocycles. The molecule has 1 unspecified atom stereocenters. The van der Waals surface area contributed by atoms with Gasteiger partial charge in [0, 0.05) is 28.0 Å². The third kappa shape index (κ3) is 2.82. The van der Waals surface area contributed by atoms with Crippen molar-refractivity contribution in [2.45, 2.75) is 25.9 Å². The average molecular weight is 349 g/mol. The minimum atomic E-state index is 0.192. The van der Waals surface area contributed by atoms with Gasteiger partial charge in [-0.3, -0.25) is 0 Å². The Labute approximate surface area is 131 Å². The first-order valence-corrected chi connectivity index (χ1v) is 8.31. The van der Waals surface area contributed by atoms with Crippen LogP contribution in [0.5, 0.6) is 0 Å². The maximum absolute atomic E-state index is 5.94. The van der Waals surface area contributed by atoms with Gasteiger partial charge in [-0.05, 0) is 59.1 Å². The van der Waals surface area contributed by atoms with E-state index < -0.39 is 0 Å². The molecule has 3 rings (SSSR count). The molecule has 104 valence electrons. The SMILES string of the molecule is CC(N)Cc1cccc2c1ccn2Cc1ccc(Br)s1. The van der Waals surface area contributed by atoms with E-state index in [-0.39, 0.29) is 6.04 Å². The summed E-state index contributed by atoms with van der Waals surface area (Å²) < 4.78 is 3.49. The summed E-state index contributed by atoms with van der Waals surface area (Å²) in [6.07, 6.45) is 3.09. The van der Waals surface area contributed by atoms with Crippen molar-refractivity contribution in [1.82, 2.24) is 4.57 Å². The van der Waals surface area contributed by atoms with E-state index in [1.54, 1.807) is 11.3 Å².